The highest BCUT2D eigenvalue weighted by molar-refractivity contribution is 6.30. The van der Waals surface area contributed by atoms with E-state index in [9.17, 15) is 13.2 Å². The lowest BCUT2D eigenvalue weighted by molar-refractivity contribution is 0.470. The molecule has 1 aliphatic carbocycles. The Balaban J connectivity index is 2.44. The summed E-state index contributed by atoms with van der Waals surface area (Å²) in [7, 11) is 0. The SMILES string of the molecule is NC1(Cc2c(F)c(F)cc(Cl)c2F)CC1. The van der Waals surface area contributed by atoms with Crippen LogP contribution in [-0.4, -0.2) is 5.54 Å². The lowest BCUT2D eigenvalue weighted by Crippen LogP contribution is -2.26. The Labute approximate surface area is 90.0 Å². The van der Waals surface area contributed by atoms with Crippen molar-refractivity contribution in [2.75, 3.05) is 0 Å². The van der Waals surface area contributed by atoms with Gasteiger partial charge in [0.05, 0.1) is 5.02 Å². The minimum atomic E-state index is -1.19. The fourth-order valence-corrected chi connectivity index (χ4v) is 1.68. The first-order valence-electron chi connectivity index (χ1n) is 4.54. The molecule has 1 fully saturated rings. The molecule has 0 atom stereocenters. The minimum absolute atomic E-state index is 0.0118. The van der Waals surface area contributed by atoms with Crippen molar-refractivity contribution in [2.24, 2.45) is 5.73 Å². The molecule has 0 aromatic heterocycles. The first-order chi connectivity index (χ1) is 6.93. The van der Waals surface area contributed by atoms with Crippen LogP contribution in [0.3, 0.4) is 0 Å². The van der Waals surface area contributed by atoms with Gasteiger partial charge >= 0.3 is 0 Å². The fraction of sp³-hybridized carbons (Fsp3) is 0.400. The summed E-state index contributed by atoms with van der Waals surface area (Å²) in [6.07, 6.45) is 1.38. The molecule has 1 nitrogen and oxygen atoms in total. The third-order valence-corrected chi connectivity index (χ3v) is 2.90. The maximum atomic E-state index is 13.4. The molecule has 1 aromatic carbocycles. The highest BCUT2D eigenvalue weighted by Gasteiger charge is 2.40. The Morgan fingerprint density at radius 2 is 1.87 bits per heavy atom. The zero-order valence-corrected chi connectivity index (χ0v) is 8.54. The number of hydrogen-bond acceptors (Lipinski definition) is 1. The van der Waals surface area contributed by atoms with Crippen LogP contribution in [-0.2, 0) is 6.42 Å². The van der Waals surface area contributed by atoms with Gasteiger partial charge in [-0.05, 0) is 25.3 Å². The molecule has 0 heterocycles. The molecule has 0 saturated heterocycles. The van der Waals surface area contributed by atoms with Gasteiger partial charge < -0.3 is 5.73 Å². The molecule has 82 valence electrons. The number of hydrogen-bond donors (Lipinski definition) is 1. The first kappa shape index (κ1) is 10.8. The second-order valence-corrected chi connectivity index (χ2v) is 4.39. The van der Waals surface area contributed by atoms with Crippen molar-refractivity contribution >= 4 is 11.6 Å². The van der Waals surface area contributed by atoms with Gasteiger partial charge in [-0.1, -0.05) is 11.6 Å². The largest absolute Gasteiger partial charge is 0.325 e. The molecule has 1 aliphatic rings. The molecule has 0 unspecified atom stereocenters. The molecular formula is C10H9ClF3N. The van der Waals surface area contributed by atoms with Crippen LogP contribution in [0.5, 0.6) is 0 Å². The van der Waals surface area contributed by atoms with Crippen LogP contribution in [0.2, 0.25) is 5.02 Å². The molecule has 0 spiro atoms. The Morgan fingerprint density at radius 3 is 2.40 bits per heavy atom. The summed E-state index contributed by atoms with van der Waals surface area (Å²) in [5, 5.41) is -0.409. The van der Waals surface area contributed by atoms with Crippen molar-refractivity contribution in [2.45, 2.75) is 24.8 Å². The smallest absolute Gasteiger partial charge is 0.165 e. The van der Waals surface area contributed by atoms with E-state index in [1.54, 1.807) is 0 Å². The predicted molar refractivity (Wildman–Crippen MR) is 51.2 cm³/mol. The number of rotatable bonds is 2. The second-order valence-electron chi connectivity index (χ2n) is 3.99. The molecule has 0 bridgehead atoms. The van der Waals surface area contributed by atoms with E-state index in [0.717, 1.165) is 0 Å². The van der Waals surface area contributed by atoms with Crippen LogP contribution in [0.4, 0.5) is 13.2 Å². The minimum Gasteiger partial charge on any atom is -0.325 e. The fourth-order valence-electron chi connectivity index (χ4n) is 1.47. The summed E-state index contributed by atoms with van der Waals surface area (Å²) in [6.45, 7) is 0. The Bertz CT molecular complexity index is 389. The maximum absolute atomic E-state index is 13.4. The van der Waals surface area contributed by atoms with Crippen molar-refractivity contribution in [3.8, 4) is 0 Å². The van der Waals surface area contributed by atoms with E-state index in [4.69, 9.17) is 17.3 Å². The van der Waals surface area contributed by atoms with Crippen molar-refractivity contribution in [3.05, 3.63) is 34.1 Å². The summed E-state index contributed by atoms with van der Waals surface area (Å²) < 4.78 is 39.6. The third kappa shape index (κ3) is 1.96. The molecule has 5 heteroatoms. The van der Waals surface area contributed by atoms with Crippen LogP contribution in [0.25, 0.3) is 0 Å². The predicted octanol–water partition coefficient (Wildman–Crippen LogP) is 2.79. The maximum Gasteiger partial charge on any atom is 0.165 e. The molecule has 15 heavy (non-hydrogen) atoms. The highest BCUT2D eigenvalue weighted by atomic mass is 35.5. The van der Waals surface area contributed by atoms with Crippen LogP contribution in [0, 0.1) is 17.5 Å². The van der Waals surface area contributed by atoms with Crippen LogP contribution < -0.4 is 5.73 Å². The molecule has 1 aromatic rings. The van der Waals surface area contributed by atoms with Crippen LogP contribution in [0.15, 0.2) is 6.07 Å². The molecule has 1 saturated carbocycles. The molecule has 0 aliphatic heterocycles. The lowest BCUT2D eigenvalue weighted by Gasteiger charge is -2.11. The van der Waals surface area contributed by atoms with Gasteiger partial charge in [0.1, 0.15) is 5.82 Å². The average Bonchev–Trinajstić information content (AvgIpc) is 2.89. The zero-order valence-electron chi connectivity index (χ0n) is 7.79. The number of halogens is 4. The van der Waals surface area contributed by atoms with Gasteiger partial charge in [-0.25, -0.2) is 13.2 Å². The topological polar surface area (TPSA) is 26.0 Å². The monoisotopic (exact) mass is 235 g/mol. The van der Waals surface area contributed by atoms with E-state index in [1.165, 1.54) is 0 Å². The highest BCUT2D eigenvalue weighted by Crippen LogP contribution is 2.38. The molecule has 2 N–H and O–H groups in total. The van der Waals surface area contributed by atoms with Crippen LogP contribution >= 0.6 is 11.6 Å². The number of benzene rings is 1. The molecule has 0 radical (unpaired) electrons. The summed E-state index contributed by atoms with van der Waals surface area (Å²) in [6, 6.07) is 0.631. The lowest BCUT2D eigenvalue weighted by atomic mass is 10.0. The normalized spacial score (nSPS) is 17.9. The summed E-state index contributed by atoms with van der Waals surface area (Å²) in [4.78, 5) is 0. The average molecular weight is 236 g/mol. The van der Waals surface area contributed by atoms with Gasteiger partial charge in [0, 0.05) is 11.1 Å². The van der Waals surface area contributed by atoms with Gasteiger partial charge in [0.25, 0.3) is 0 Å². The second kappa shape index (κ2) is 3.39. The van der Waals surface area contributed by atoms with E-state index in [1.807, 2.05) is 0 Å². The van der Waals surface area contributed by atoms with Crippen molar-refractivity contribution in [3.63, 3.8) is 0 Å². The number of nitrogens with two attached hydrogens (primary N) is 1. The Kier molecular flexibility index (Phi) is 2.43. The van der Waals surface area contributed by atoms with Gasteiger partial charge in [-0.2, -0.15) is 0 Å². The van der Waals surface area contributed by atoms with E-state index in [-0.39, 0.29) is 12.0 Å². The summed E-state index contributed by atoms with van der Waals surface area (Å²) >= 11 is 5.42. The van der Waals surface area contributed by atoms with Crippen LogP contribution in [0.1, 0.15) is 18.4 Å². The molecule has 0 amide bonds. The standard InChI is InChI=1S/C10H9ClF3N/c11-6-3-7(12)9(14)5(8(6)13)4-10(15)1-2-10/h3H,1-2,4,15H2. The quantitative estimate of drug-likeness (QED) is 0.784. The zero-order chi connectivity index (χ0) is 11.2. The van der Waals surface area contributed by atoms with E-state index >= 15 is 0 Å². The summed E-state index contributed by atoms with van der Waals surface area (Å²) in [5.41, 5.74) is 4.79. The van der Waals surface area contributed by atoms with Gasteiger partial charge in [0.2, 0.25) is 0 Å². The van der Waals surface area contributed by atoms with Gasteiger partial charge in [-0.3, -0.25) is 0 Å². The van der Waals surface area contributed by atoms with Crippen molar-refractivity contribution in [1.29, 1.82) is 0 Å². The Hall–Kier alpha value is -0.740. The molecular weight excluding hydrogens is 227 g/mol. The van der Waals surface area contributed by atoms with Gasteiger partial charge in [0.15, 0.2) is 11.6 Å². The Morgan fingerprint density at radius 1 is 1.27 bits per heavy atom. The van der Waals surface area contributed by atoms with Crippen molar-refractivity contribution < 1.29 is 13.2 Å². The van der Waals surface area contributed by atoms with E-state index < -0.39 is 28.0 Å². The van der Waals surface area contributed by atoms with Crippen molar-refractivity contribution in [1.82, 2.24) is 0 Å². The summed E-state index contributed by atoms with van der Waals surface area (Å²) in [5.74, 6) is -3.23. The first-order valence-corrected chi connectivity index (χ1v) is 4.91. The third-order valence-electron chi connectivity index (χ3n) is 2.62. The van der Waals surface area contributed by atoms with E-state index in [0.29, 0.717) is 18.9 Å². The van der Waals surface area contributed by atoms with Gasteiger partial charge in [-0.15, -0.1) is 0 Å². The van der Waals surface area contributed by atoms with E-state index in [2.05, 4.69) is 0 Å². The molecule has 2 rings (SSSR count).